The SMILES string of the molecule is Cc1nc2c([N+](=O)[O-])c(NC(=O)c3ccc(Br)cc3)ccc2s1. The minimum atomic E-state index is -0.515. The van der Waals surface area contributed by atoms with Crippen LogP contribution >= 0.6 is 27.3 Å². The zero-order valence-electron chi connectivity index (χ0n) is 11.9. The Hall–Kier alpha value is -2.32. The molecule has 0 fully saturated rings. The van der Waals surface area contributed by atoms with Crippen LogP contribution in [0.4, 0.5) is 11.4 Å². The Morgan fingerprint density at radius 2 is 1.96 bits per heavy atom. The molecule has 3 aromatic rings. The van der Waals surface area contributed by atoms with Crippen LogP contribution in [0.15, 0.2) is 40.9 Å². The molecule has 0 unspecified atom stereocenters. The summed E-state index contributed by atoms with van der Waals surface area (Å²) in [6.45, 7) is 1.79. The number of aromatic nitrogens is 1. The van der Waals surface area contributed by atoms with Crippen molar-refractivity contribution in [1.82, 2.24) is 4.98 Å². The third kappa shape index (κ3) is 3.08. The quantitative estimate of drug-likeness (QED) is 0.524. The number of rotatable bonds is 3. The van der Waals surface area contributed by atoms with Gasteiger partial charge in [-0.05, 0) is 43.3 Å². The van der Waals surface area contributed by atoms with Crippen molar-refractivity contribution in [1.29, 1.82) is 0 Å². The summed E-state index contributed by atoms with van der Waals surface area (Å²) in [6.07, 6.45) is 0. The lowest BCUT2D eigenvalue weighted by molar-refractivity contribution is -0.382. The van der Waals surface area contributed by atoms with E-state index >= 15 is 0 Å². The highest BCUT2D eigenvalue weighted by Crippen LogP contribution is 2.35. The van der Waals surface area contributed by atoms with Crippen LogP contribution in [0.5, 0.6) is 0 Å². The van der Waals surface area contributed by atoms with Crippen molar-refractivity contribution < 1.29 is 9.72 Å². The fraction of sp³-hybridized carbons (Fsp3) is 0.0667. The summed E-state index contributed by atoms with van der Waals surface area (Å²) in [7, 11) is 0. The molecular formula is C15H10BrN3O3S. The van der Waals surface area contributed by atoms with Crippen LogP contribution in [-0.2, 0) is 0 Å². The van der Waals surface area contributed by atoms with Crippen molar-refractivity contribution in [3.63, 3.8) is 0 Å². The average Bonchev–Trinajstić information content (AvgIpc) is 2.87. The summed E-state index contributed by atoms with van der Waals surface area (Å²) >= 11 is 4.67. The first-order valence-corrected chi connectivity index (χ1v) is 8.18. The first kappa shape index (κ1) is 15.6. The minimum absolute atomic E-state index is 0.140. The fourth-order valence-corrected chi connectivity index (χ4v) is 3.27. The average molecular weight is 392 g/mol. The molecule has 0 atom stereocenters. The third-order valence-corrected chi connectivity index (χ3v) is 4.64. The lowest BCUT2D eigenvalue weighted by Gasteiger charge is -2.06. The summed E-state index contributed by atoms with van der Waals surface area (Å²) in [5, 5.41) is 14.8. The van der Waals surface area contributed by atoms with Gasteiger partial charge in [0.05, 0.1) is 14.6 Å². The van der Waals surface area contributed by atoms with Crippen molar-refractivity contribution in [2.24, 2.45) is 0 Å². The number of carbonyl (C=O) groups excluding carboxylic acids is 1. The number of thiazole rings is 1. The molecule has 0 aliphatic heterocycles. The zero-order chi connectivity index (χ0) is 16.6. The van der Waals surface area contributed by atoms with E-state index < -0.39 is 10.8 Å². The first-order chi connectivity index (χ1) is 11.0. The first-order valence-electron chi connectivity index (χ1n) is 6.57. The molecule has 0 saturated carbocycles. The normalized spacial score (nSPS) is 10.7. The molecule has 8 heteroatoms. The molecule has 3 rings (SSSR count). The number of aryl methyl sites for hydroxylation is 1. The number of fused-ring (bicyclic) bond motifs is 1. The molecule has 0 aliphatic carbocycles. The van der Waals surface area contributed by atoms with Crippen LogP contribution in [-0.4, -0.2) is 15.8 Å². The van der Waals surface area contributed by atoms with E-state index in [-0.39, 0.29) is 11.4 Å². The maximum absolute atomic E-state index is 12.3. The Balaban J connectivity index is 2.02. The van der Waals surface area contributed by atoms with Gasteiger partial charge in [-0.15, -0.1) is 11.3 Å². The molecule has 23 heavy (non-hydrogen) atoms. The van der Waals surface area contributed by atoms with Gasteiger partial charge in [-0.1, -0.05) is 15.9 Å². The molecule has 0 bridgehead atoms. The van der Waals surface area contributed by atoms with Crippen molar-refractivity contribution in [3.05, 3.63) is 61.6 Å². The van der Waals surface area contributed by atoms with Crippen LogP contribution in [0.3, 0.4) is 0 Å². The van der Waals surface area contributed by atoms with E-state index in [1.165, 1.54) is 17.4 Å². The van der Waals surface area contributed by atoms with Crippen molar-refractivity contribution >= 4 is 54.8 Å². The van der Waals surface area contributed by atoms with Crippen molar-refractivity contribution in [2.75, 3.05) is 5.32 Å². The highest BCUT2D eigenvalue weighted by atomic mass is 79.9. The van der Waals surface area contributed by atoms with E-state index in [2.05, 4.69) is 26.2 Å². The number of anilines is 1. The van der Waals surface area contributed by atoms with Crippen LogP contribution in [0, 0.1) is 17.0 Å². The fourth-order valence-electron chi connectivity index (χ4n) is 2.17. The predicted molar refractivity (Wildman–Crippen MR) is 93.1 cm³/mol. The molecular weight excluding hydrogens is 382 g/mol. The summed E-state index contributed by atoms with van der Waals surface area (Å²) in [5.41, 5.74) is 0.668. The number of carbonyl (C=O) groups is 1. The van der Waals surface area contributed by atoms with Gasteiger partial charge in [-0.2, -0.15) is 0 Å². The zero-order valence-corrected chi connectivity index (χ0v) is 14.3. The van der Waals surface area contributed by atoms with Gasteiger partial charge < -0.3 is 5.32 Å². The van der Waals surface area contributed by atoms with E-state index in [1.807, 2.05) is 0 Å². The number of nitrogens with zero attached hydrogens (tertiary/aromatic N) is 2. The molecule has 1 aromatic heterocycles. The number of hydrogen-bond acceptors (Lipinski definition) is 5. The van der Waals surface area contributed by atoms with Gasteiger partial charge in [0.25, 0.3) is 5.91 Å². The maximum atomic E-state index is 12.3. The third-order valence-electron chi connectivity index (χ3n) is 3.18. The summed E-state index contributed by atoms with van der Waals surface area (Å²) < 4.78 is 1.57. The number of nitro groups is 1. The van der Waals surface area contributed by atoms with E-state index in [4.69, 9.17) is 0 Å². The summed E-state index contributed by atoms with van der Waals surface area (Å²) in [5.74, 6) is -0.410. The molecule has 0 radical (unpaired) electrons. The Morgan fingerprint density at radius 1 is 1.26 bits per heavy atom. The summed E-state index contributed by atoms with van der Waals surface area (Å²) in [4.78, 5) is 27.4. The second-order valence-electron chi connectivity index (χ2n) is 4.76. The van der Waals surface area contributed by atoms with E-state index in [0.717, 1.165) is 14.2 Å². The van der Waals surface area contributed by atoms with Crippen LogP contribution in [0.1, 0.15) is 15.4 Å². The Morgan fingerprint density at radius 3 is 2.61 bits per heavy atom. The molecule has 116 valence electrons. The van der Waals surface area contributed by atoms with Crippen molar-refractivity contribution in [3.8, 4) is 0 Å². The summed E-state index contributed by atoms with van der Waals surface area (Å²) in [6, 6.07) is 10.00. The van der Waals surface area contributed by atoms with Gasteiger partial charge in [0.15, 0.2) is 5.52 Å². The lowest BCUT2D eigenvalue weighted by Crippen LogP contribution is -2.13. The molecule has 0 saturated heterocycles. The van der Waals surface area contributed by atoms with Crippen molar-refractivity contribution in [2.45, 2.75) is 6.92 Å². The largest absolute Gasteiger partial charge is 0.319 e. The van der Waals surface area contributed by atoms with E-state index in [1.54, 1.807) is 37.3 Å². The molecule has 1 amide bonds. The number of nitrogens with one attached hydrogen (secondary N) is 1. The molecule has 6 nitrogen and oxygen atoms in total. The van der Waals surface area contributed by atoms with Crippen LogP contribution in [0.25, 0.3) is 10.2 Å². The number of amides is 1. The molecule has 1 heterocycles. The molecule has 0 spiro atoms. The Bertz CT molecular complexity index is 922. The molecule has 0 aliphatic rings. The highest BCUT2D eigenvalue weighted by molar-refractivity contribution is 9.10. The Labute approximate surface area is 143 Å². The van der Waals surface area contributed by atoms with Gasteiger partial charge in [0.2, 0.25) is 0 Å². The predicted octanol–water partition coefficient (Wildman–Crippen LogP) is 4.53. The second-order valence-corrected chi connectivity index (χ2v) is 6.91. The number of nitro benzene ring substituents is 1. The minimum Gasteiger partial charge on any atom is -0.316 e. The number of halogens is 1. The van der Waals surface area contributed by atoms with Crippen LogP contribution in [0.2, 0.25) is 0 Å². The van der Waals surface area contributed by atoms with E-state index in [9.17, 15) is 14.9 Å². The van der Waals surface area contributed by atoms with E-state index in [0.29, 0.717) is 11.1 Å². The maximum Gasteiger partial charge on any atom is 0.319 e. The monoisotopic (exact) mass is 391 g/mol. The van der Waals surface area contributed by atoms with Gasteiger partial charge in [-0.25, -0.2) is 4.98 Å². The number of hydrogen-bond donors (Lipinski definition) is 1. The molecule has 2 aromatic carbocycles. The van der Waals surface area contributed by atoms with Gasteiger partial charge >= 0.3 is 5.69 Å². The number of benzene rings is 2. The lowest BCUT2D eigenvalue weighted by atomic mass is 10.2. The standard InChI is InChI=1S/C15H10BrN3O3S/c1-8-17-13-12(23-8)7-6-11(14(13)19(21)22)18-15(20)9-2-4-10(16)5-3-9/h2-7H,1H3,(H,18,20). The highest BCUT2D eigenvalue weighted by Gasteiger charge is 2.23. The Kier molecular flexibility index (Phi) is 4.10. The van der Waals surface area contributed by atoms with Gasteiger partial charge in [-0.3, -0.25) is 14.9 Å². The van der Waals surface area contributed by atoms with Gasteiger partial charge in [0.1, 0.15) is 5.69 Å². The molecule has 1 N–H and O–H groups in total. The topological polar surface area (TPSA) is 85.1 Å². The van der Waals surface area contributed by atoms with Crippen LogP contribution < -0.4 is 5.32 Å². The second kappa shape index (κ2) is 6.05. The smallest absolute Gasteiger partial charge is 0.316 e. The van der Waals surface area contributed by atoms with Gasteiger partial charge in [0, 0.05) is 10.0 Å².